The van der Waals surface area contributed by atoms with Crippen LogP contribution in [0.4, 0.5) is 5.69 Å². The number of sulfonamides is 1. The van der Waals surface area contributed by atoms with Crippen molar-refractivity contribution in [1.29, 1.82) is 0 Å². The Kier molecular flexibility index (Phi) is 10.0. The van der Waals surface area contributed by atoms with Crippen molar-refractivity contribution in [1.82, 2.24) is 10.2 Å². The molecule has 2 amide bonds. The van der Waals surface area contributed by atoms with E-state index in [1.807, 2.05) is 30.3 Å². The van der Waals surface area contributed by atoms with Crippen molar-refractivity contribution in [3.05, 3.63) is 130 Å². The van der Waals surface area contributed by atoms with E-state index in [1.54, 1.807) is 66.7 Å². The third-order valence-electron chi connectivity index (χ3n) is 6.51. The first kappa shape index (κ1) is 30.1. The molecular formula is C31H29Cl2N3O4S. The van der Waals surface area contributed by atoms with Crippen molar-refractivity contribution in [3.8, 4) is 0 Å². The predicted octanol–water partition coefficient (Wildman–Crippen LogP) is 5.57. The first-order chi connectivity index (χ1) is 19.7. The van der Waals surface area contributed by atoms with Gasteiger partial charge in [0.05, 0.1) is 10.6 Å². The van der Waals surface area contributed by atoms with Crippen molar-refractivity contribution >= 4 is 50.7 Å². The van der Waals surface area contributed by atoms with Gasteiger partial charge in [-0.2, -0.15) is 0 Å². The van der Waals surface area contributed by atoms with Crippen LogP contribution in [0.5, 0.6) is 0 Å². The zero-order chi connectivity index (χ0) is 29.4. The first-order valence-corrected chi connectivity index (χ1v) is 15.0. The summed E-state index contributed by atoms with van der Waals surface area (Å²) >= 11 is 12.2. The van der Waals surface area contributed by atoms with E-state index >= 15 is 0 Å². The average molecular weight is 611 g/mol. The van der Waals surface area contributed by atoms with Gasteiger partial charge < -0.3 is 10.2 Å². The van der Waals surface area contributed by atoms with Crippen LogP contribution in [0.2, 0.25) is 10.0 Å². The minimum Gasteiger partial charge on any atom is -0.357 e. The molecule has 0 saturated carbocycles. The second-order valence-electron chi connectivity index (χ2n) is 9.27. The number of halogens is 2. The number of rotatable bonds is 11. The van der Waals surface area contributed by atoms with Crippen molar-refractivity contribution in [2.24, 2.45) is 0 Å². The number of likely N-dealkylation sites (N-methyl/N-ethyl adjacent to an activating group) is 1. The Morgan fingerprint density at radius 3 is 1.85 bits per heavy atom. The molecule has 1 atom stereocenters. The fourth-order valence-electron chi connectivity index (χ4n) is 4.36. The Balaban J connectivity index is 1.77. The average Bonchev–Trinajstić information content (AvgIpc) is 2.99. The predicted molar refractivity (Wildman–Crippen MR) is 162 cm³/mol. The Morgan fingerprint density at radius 1 is 0.756 bits per heavy atom. The van der Waals surface area contributed by atoms with Crippen LogP contribution in [-0.4, -0.2) is 44.8 Å². The van der Waals surface area contributed by atoms with Crippen LogP contribution in [-0.2, 0) is 32.6 Å². The lowest BCUT2D eigenvalue weighted by molar-refractivity contribution is -0.139. The van der Waals surface area contributed by atoms with E-state index in [4.69, 9.17) is 23.2 Å². The van der Waals surface area contributed by atoms with Gasteiger partial charge in [0.15, 0.2) is 0 Å². The minimum absolute atomic E-state index is 0.0270. The molecule has 1 N–H and O–H groups in total. The van der Waals surface area contributed by atoms with Crippen molar-refractivity contribution in [2.45, 2.75) is 23.9 Å². The Labute approximate surface area is 250 Å². The monoisotopic (exact) mass is 609 g/mol. The summed E-state index contributed by atoms with van der Waals surface area (Å²) in [5.74, 6) is -0.931. The molecule has 0 aliphatic carbocycles. The van der Waals surface area contributed by atoms with E-state index < -0.39 is 28.5 Å². The number of amides is 2. The molecule has 0 spiro atoms. The normalized spacial score (nSPS) is 11.9. The number of benzene rings is 4. The topological polar surface area (TPSA) is 86.8 Å². The highest BCUT2D eigenvalue weighted by Gasteiger charge is 2.34. The quantitative estimate of drug-likeness (QED) is 0.241. The van der Waals surface area contributed by atoms with Crippen molar-refractivity contribution < 1.29 is 18.0 Å². The van der Waals surface area contributed by atoms with Crippen LogP contribution in [0.15, 0.2) is 114 Å². The highest BCUT2D eigenvalue weighted by atomic mass is 35.5. The molecule has 1 unspecified atom stereocenters. The maximum Gasteiger partial charge on any atom is 0.264 e. The highest BCUT2D eigenvalue weighted by molar-refractivity contribution is 7.92. The summed E-state index contributed by atoms with van der Waals surface area (Å²) in [7, 11) is -2.65. The first-order valence-electron chi connectivity index (χ1n) is 12.8. The SMILES string of the molecule is CNC(=O)C(Cc1ccccc1)N(Cc1ccc(Cl)cc1)C(=O)CN(c1ccc(Cl)cc1)S(=O)(=O)c1ccccc1. The van der Waals surface area contributed by atoms with Crippen LogP contribution in [0.1, 0.15) is 11.1 Å². The summed E-state index contributed by atoms with van der Waals surface area (Å²) in [4.78, 5) is 28.9. The van der Waals surface area contributed by atoms with Gasteiger partial charge in [-0.15, -0.1) is 0 Å². The zero-order valence-corrected chi connectivity index (χ0v) is 24.6. The third-order valence-corrected chi connectivity index (χ3v) is 8.80. The van der Waals surface area contributed by atoms with Crippen LogP contribution >= 0.6 is 23.2 Å². The van der Waals surface area contributed by atoms with Crippen LogP contribution in [0, 0.1) is 0 Å². The fraction of sp³-hybridized carbons (Fsp3) is 0.161. The Bertz CT molecular complexity index is 1570. The van der Waals surface area contributed by atoms with E-state index in [2.05, 4.69) is 5.32 Å². The van der Waals surface area contributed by atoms with Crippen LogP contribution in [0.25, 0.3) is 0 Å². The maximum atomic E-state index is 14.2. The lowest BCUT2D eigenvalue weighted by Gasteiger charge is -2.33. The van der Waals surface area contributed by atoms with Gasteiger partial charge >= 0.3 is 0 Å². The summed E-state index contributed by atoms with van der Waals surface area (Å²) in [5, 5.41) is 3.61. The molecule has 0 saturated heterocycles. The summed E-state index contributed by atoms with van der Waals surface area (Å²) in [6, 6.07) is 29.4. The zero-order valence-electron chi connectivity index (χ0n) is 22.3. The van der Waals surface area contributed by atoms with E-state index in [1.165, 1.54) is 24.1 Å². The molecule has 7 nitrogen and oxygen atoms in total. The largest absolute Gasteiger partial charge is 0.357 e. The maximum absolute atomic E-state index is 14.2. The Hall–Kier alpha value is -3.85. The van der Waals surface area contributed by atoms with Gasteiger partial charge in [0.1, 0.15) is 12.6 Å². The van der Waals surface area contributed by atoms with E-state index in [-0.39, 0.29) is 29.5 Å². The van der Waals surface area contributed by atoms with Gasteiger partial charge in [-0.25, -0.2) is 8.42 Å². The molecule has 0 aromatic heterocycles. The molecule has 0 bridgehead atoms. The van der Waals surface area contributed by atoms with E-state index in [0.717, 1.165) is 15.4 Å². The van der Waals surface area contributed by atoms with Gasteiger partial charge in [0, 0.05) is 30.1 Å². The molecule has 0 heterocycles. The number of nitrogens with zero attached hydrogens (tertiary/aromatic N) is 2. The molecule has 0 radical (unpaired) electrons. The second-order valence-corrected chi connectivity index (χ2v) is 12.0. The number of hydrogen-bond donors (Lipinski definition) is 1. The number of anilines is 1. The fourth-order valence-corrected chi connectivity index (χ4v) is 6.05. The molecule has 4 aromatic carbocycles. The lowest BCUT2D eigenvalue weighted by Crippen LogP contribution is -2.53. The molecule has 0 fully saturated rings. The number of carbonyl (C=O) groups excluding carboxylic acids is 2. The van der Waals surface area contributed by atoms with Gasteiger partial charge in [0.25, 0.3) is 10.0 Å². The summed E-state index contributed by atoms with van der Waals surface area (Å²) in [6.45, 7) is -0.491. The number of nitrogens with one attached hydrogen (secondary N) is 1. The van der Waals surface area contributed by atoms with Crippen molar-refractivity contribution in [3.63, 3.8) is 0 Å². The Morgan fingerprint density at radius 2 is 1.29 bits per heavy atom. The second kappa shape index (κ2) is 13.7. The highest BCUT2D eigenvalue weighted by Crippen LogP contribution is 2.26. The lowest BCUT2D eigenvalue weighted by atomic mass is 10.0. The molecule has 212 valence electrons. The summed E-state index contributed by atoms with van der Waals surface area (Å²) < 4.78 is 28.7. The van der Waals surface area contributed by atoms with E-state index in [9.17, 15) is 18.0 Å². The number of hydrogen-bond acceptors (Lipinski definition) is 4. The molecular weight excluding hydrogens is 581 g/mol. The van der Waals surface area contributed by atoms with Gasteiger partial charge in [-0.05, 0) is 59.7 Å². The van der Waals surface area contributed by atoms with Gasteiger partial charge in [-0.3, -0.25) is 13.9 Å². The molecule has 41 heavy (non-hydrogen) atoms. The van der Waals surface area contributed by atoms with Gasteiger partial charge in [0.2, 0.25) is 11.8 Å². The third kappa shape index (κ3) is 7.67. The van der Waals surface area contributed by atoms with Crippen LogP contribution in [0.3, 0.4) is 0 Å². The minimum atomic E-state index is -4.16. The molecule has 4 aromatic rings. The molecule has 0 aliphatic rings. The molecule has 4 rings (SSSR count). The summed E-state index contributed by atoms with van der Waals surface area (Å²) in [6.07, 6.45) is 0.228. The van der Waals surface area contributed by atoms with E-state index in [0.29, 0.717) is 10.0 Å². The standard InChI is InChI=1S/C31H29Cl2N3O4S/c1-34-31(38)29(20-23-8-4-2-5-9-23)35(21-24-12-14-25(32)15-13-24)30(37)22-36(27-18-16-26(33)17-19-27)41(39,40)28-10-6-3-7-11-28/h2-19,29H,20-22H2,1H3,(H,34,38). The van der Waals surface area contributed by atoms with Crippen molar-refractivity contribution in [2.75, 3.05) is 17.9 Å². The smallest absolute Gasteiger partial charge is 0.264 e. The van der Waals surface area contributed by atoms with Gasteiger partial charge in [-0.1, -0.05) is 83.9 Å². The molecule has 0 aliphatic heterocycles. The van der Waals surface area contributed by atoms with Crippen LogP contribution < -0.4 is 9.62 Å². The molecule has 10 heteroatoms. The number of carbonyl (C=O) groups is 2. The summed E-state index contributed by atoms with van der Waals surface area (Å²) in [5.41, 5.74) is 1.84.